The van der Waals surface area contributed by atoms with Crippen LogP contribution in [-0.4, -0.2) is 38.1 Å². The van der Waals surface area contributed by atoms with Crippen molar-refractivity contribution in [2.75, 3.05) is 0 Å². The summed E-state index contributed by atoms with van der Waals surface area (Å²) in [7, 11) is 1.84. The van der Waals surface area contributed by atoms with Gasteiger partial charge < -0.3 is 19.4 Å². The lowest BCUT2D eigenvalue weighted by molar-refractivity contribution is -0.120. The SMILES string of the molecule is Cn1cnc(C[C@H](NC(=O)OC(C)(C)C)C(=O)Cc2cccc(-c3ccc(Oc4ccc(F)cc4)cc3)n2)c1. The maximum atomic E-state index is 13.3. The van der Waals surface area contributed by atoms with Crippen LogP contribution in [0.2, 0.25) is 0 Å². The molecule has 0 aliphatic carbocycles. The van der Waals surface area contributed by atoms with Crippen molar-refractivity contribution in [3.63, 3.8) is 0 Å². The van der Waals surface area contributed by atoms with Crippen LogP contribution in [-0.2, 0) is 29.4 Å². The van der Waals surface area contributed by atoms with Gasteiger partial charge in [-0.2, -0.15) is 0 Å². The number of ketones is 1. The average Bonchev–Trinajstić information content (AvgIpc) is 3.29. The Balaban J connectivity index is 1.46. The standard InChI is InChI=1S/C30H31FN4O4/c1-30(2,3)39-29(37)34-27(16-23-18-35(4)19-32-23)28(36)17-22-6-5-7-26(33-22)20-8-12-24(13-9-20)38-25-14-10-21(31)11-15-25/h5-15,18-19,27H,16-17H2,1-4H3,(H,34,37)/t27-/m0/s1. The first-order valence-electron chi connectivity index (χ1n) is 12.5. The van der Waals surface area contributed by atoms with E-state index in [1.807, 2.05) is 31.3 Å². The number of carbonyl (C=O) groups excluding carboxylic acids is 2. The van der Waals surface area contributed by atoms with Crippen molar-refractivity contribution in [2.24, 2.45) is 7.05 Å². The zero-order chi connectivity index (χ0) is 28.0. The van der Waals surface area contributed by atoms with Crippen molar-refractivity contribution in [1.82, 2.24) is 19.9 Å². The zero-order valence-corrected chi connectivity index (χ0v) is 22.3. The minimum Gasteiger partial charge on any atom is -0.457 e. The molecule has 0 unspecified atom stereocenters. The van der Waals surface area contributed by atoms with Gasteiger partial charge in [0.25, 0.3) is 0 Å². The zero-order valence-electron chi connectivity index (χ0n) is 22.3. The second kappa shape index (κ2) is 11.9. The molecular weight excluding hydrogens is 499 g/mol. The van der Waals surface area contributed by atoms with Crippen molar-refractivity contribution in [3.8, 4) is 22.8 Å². The number of nitrogens with zero attached hydrogens (tertiary/aromatic N) is 3. The summed E-state index contributed by atoms with van der Waals surface area (Å²) >= 11 is 0. The molecule has 1 N–H and O–H groups in total. The number of pyridine rings is 1. The van der Waals surface area contributed by atoms with Crippen molar-refractivity contribution in [3.05, 3.63) is 96.5 Å². The van der Waals surface area contributed by atoms with Crippen LogP contribution in [0.5, 0.6) is 11.5 Å². The van der Waals surface area contributed by atoms with Crippen molar-refractivity contribution in [2.45, 2.75) is 45.3 Å². The molecular formula is C30H31FN4O4. The fourth-order valence-corrected chi connectivity index (χ4v) is 3.85. The molecule has 2 aromatic carbocycles. The van der Waals surface area contributed by atoms with E-state index >= 15 is 0 Å². The normalized spacial score (nSPS) is 12.0. The number of carbonyl (C=O) groups is 2. The van der Waals surface area contributed by atoms with Crippen LogP contribution in [0.3, 0.4) is 0 Å². The summed E-state index contributed by atoms with van der Waals surface area (Å²) in [5.74, 6) is 0.593. The molecule has 0 radical (unpaired) electrons. The molecule has 2 aromatic heterocycles. The molecule has 8 nitrogen and oxygen atoms in total. The Morgan fingerprint density at radius 1 is 0.974 bits per heavy atom. The van der Waals surface area contributed by atoms with Crippen molar-refractivity contribution < 1.29 is 23.5 Å². The minimum absolute atomic E-state index is 0.0207. The first-order chi connectivity index (χ1) is 18.5. The van der Waals surface area contributed by atoms with Gasteiger partial charge in [-0.05, 0) is 81.4 Å². The number of halogens is 1. The highest BCUT2D eigenvalue weighted by Gasteiger charge is 2.26. The van der Waals surface area contributed by atoms with Crippen LogP contribution in [0.1, 0.15) is 32.2 Å². The van der Waals surface area contributed by atoms with E-state index in [0.717, 1.165) is 5.56 Å². The Bertz CT molecular complexity index is 1430. The average molecular weight is 531 g/mol. The third kappa shape index (κ3) is 8.23. The van der Waals surface area contributed by atoms with E-state index in [-0.39, 0.29) is 24.4 Å². The molecule has 202 valence electrons. The number of amides is 1. The van der Waals surface area contributed by atoms with Crippen LogP contribution in [0.15, 0.2) is 79.3 Å². The van der Waals surface area contributed by atoms with Crippen molar-refractivity contribution >= 4 is 11.9 Å². The number of imidazole rings is 1. The lowest BCUT2D eigenvalue weighted by atomic mass is 10.0. The number of benzene rings is 2. The van der Waals surface area contributed by atoms with E-state index in [0.29, 0.717) is 28.6 Å². The Labute approximate surface area is 226 Å². The minimum atomic E-state index is -0.830. The van der Waals surface area contributed by atoms with E-state index in [1.165, 1.54) is 12.1 Å². The summed E-state index contributed by atoms with van der Waals surface area (Å²) < 4.78 is 26.0. The van der Waals surface area contributed by atoms with Gasteiger partial charge in [-0.15, -0.1) is 0 Å². The van der Waals surface area contributed by atoms with Gasteiger partial charge in [0.05, 0.1) is 30.2 Å². The first kappa shape index (κ1) is 27.5. The molecule has 0 saturated carbocycles. The molecule has 0 bridgehead atoms. The Kier molecular flexibility index (Phi) is 8.39. The number of aromatic nitrogens is 3. The first-order valence-corrected chi connectivity index (χ1v) is 12.5. The Morgan fingerprint density at radius 3 is 2.26 bits per heavy atom. The van der Waals surface area contributed by atoms with E-state index in [4.69, 9.17) is 9.47 Å². The Morgan fingerprint density at radius 2 is 1.64 bits per heavy atom. The Hall–Kier alpha value is -4.53. The van der Waals surface area contributed by atoms with E-state index < -0.39 is 17.7 Å². The molecule has 9 heteroatoms. The number of rotatable bonds is 9. The van der Waals surface area contributed by atoms with Gasteiger partial charge in [0.2, 0.25) is 0 Å². The molecule has 4 aromatic rings. The van der Waals surface area contributed by atoms with Gasteiger partial charge in [-0.1, -0.05) is 6.07 Å². The molecule has 2 heterocycles. The lowest BCUT2D eigenvalue weighted by Crippen LogP contribution is -2.45. The molecule has 4 rings (SSSR count). The molecule has 1 amide bonds. The fourth-order valence-electron chi connectivity index (χ4n) is 3.85. The number of hydrogen-bond acceptors (Lipinski definition) is 6. The van der Waals surface area contributed by atoms with Gasteiger partial charge in [-0.3, -0.25) is 9.78 Å². The quantitative estimate of drug-likeness (QED) is 0.300. The van der Waals surface area contributed by atoms with Crippen LogP contribution >= 0.6 is 0 Å². The second-order valence-corrected chi connectivity index (χ2v) is 10.2. The number of alkyl carbamates (subject to hydrolysis) is 1. The number of aryl methyl sites for hydroxylation is 1. The molecule has 0 aliphatic heterocycles. The highest BCUT2D eigenvalue weighted by atomic mass is 19.1. The van der Waals surface area contributed by atoms with E-state index in [1.54, 1.807) is 68.2 Å². The maximum absolute atomic E-state index is 13.3. The topological polar surface area (TPSA) is 95.3 Å². The predicted octanol–water partition coefficient (Wildman–Crippen LogP) is 5.66. The highest BCUT2D eigenvalue weighted by molar-refractivity contribution is 5.89. The second-order valence-electron chi connectivity index (χ2n) is 10.2. The molecule has 0 saturated heterocycles. The number of ether oxygens (including phenoxy) is 2. The van der Waals surface area contributed by atoms with E-state index in [9.17, 15) is 14.0 Å². The largest absolute Gasteiger partial charge is 0.457 e. The summed E-state index contributed by atoms with van der Waals surface area (Å²) in [6, 6.07) is 17.8. The van der Waals surface area contributed by atoms with Gasteiger partial charge >= 0.3 is 6.09 Å². The lowest BCUT2D eigenvalue weighted by Gasteiger charge is -2.23. The third-order valence-electron chi connectivity index (χ3n) is 5.61. The smallest absolute Gasteiger partial charge is 0.408 e. The van der Waals surface area contributed by atoms with Crippen LogP contribution in [0.25, 0.3) is 11.3 Å². The van der Waals surface area contributed by atoms with Crippen molar-refractivity contribution in [1.29, 1.82) is 0 Å². The van der Waals surface area contributed by atoms with Gasteiger partial charge in [0.15, 0.2) is 5.78 Å². The van der Waals surface area contributed by atoms with Crippen LogP contribution < -0.4 is 10.1 Å². The molecule has 39 heavy (non-hydrogen) atoms. The van der Waals surface area contributed by atoms with Gasteiger partial charge in [0.1, 0.15) is 22.9 Å². The molecule has 1 atom stereocenters. The summed E-state index contributed by atoms with van der Waals surface area (Å²) in [4.78, 5) is 34.8. The summed E-state index contributed by atoms with van der Waals surface area (Å²) in [5, 5.41) is 2.70. The monoisotopic (exact) mass is 530 g/mol. The summed E-state index contributed by atoms with van der Waals surface area (Å²) in [6.45, 7) is 5.29. The fraction of sp³-hybridized carbons (Fsp3) is 0.267. The molecule has 0 fully saturated rings. The summed E-state index contributed by atoms with van der Waals surface area (Å²) in [5.41, 5.74) is 2.08. The van der Waals surface area contributed by atoms with Gasteiger partial charge in [0, 0.05) is 30.9 Å². The maximum Gasteiger partial charge on any atom is 0.408 e. The molecule has 0 aliphatic rings. The van der Waals surface area contributed by atoms with Gasteiger partial charge in [-0.25, -0.2) is 14.2 Å². The molecule has 0 spiro atoms. The third-order valence-corrected chi connectivity index (χ3v) is 5.61. The van der Waals surface area contributed by atoms with Crippen LogP contribution in [0.4, 0.5) is 9.18 Å². The number of nitrogens with one attached hydrogen (secondary N) is 1. The van der Waals surface area contributed by atoms with E-state index in [2.05, 4.69) is 15.3 Å². The van der Waals surface area contributed by atoms with Crippen LogP contribution in [0, 0.1) is 5.82 Å². The number of Topliss-reactive ketones (excluding diaryl/α,β-unsaturated/α-hetero) is 1. The predicted molar refractivity (Wildman–Crippen MR) is 145 cm³/mol. The summed E-state index contributed by atoms with van der Waals surface area (Å²) in [6.07, 6.45) is 3.03. The number of hydrogen-bond donors (Lipinski definition) is 1. The highest BCUT2D eigenvalue weighted by Crippen LogP contribution is 2.25.